The predicted molar refractivity (Wildman–Crippen MR) is 93.6 cm³/mol. The summed E-state index contributed by atoms with van der Waals surface area (Å²) < 4.78 is 5.60. The first kappa shape index (κ1) is 15.9. The van der Waals surface area contributed by atoms with Crippen molar-refractivity contribution in [1.29, 1.82) is 0 Å². The first-order valence-electron chi connectivity index (χ1n) is 8.55. The molecule has 1 heterocycles. The summed E-state index contributed by atoms with van der Waals surface area (Å²) in [4.78, 5) is 12.2. The molecule has 1 aliphatic rings. The van der Waals surface area contributed by atoms with E-state index in [-0.39, 0.29) is 5.91 Å². The number of benzene rings is 1. The third-order valence-corrected chi connectivity index (χ3v) is 4.77. The molecule has 0 bridgehead atoms. The van der Waals surface area contributed by atoms with Crippen molar-refractivity contribution in [3.05, 3.63) is 46.7 Å². The third-order valence-electron chi connectivity index (χ3n) is 4.77. The number of nitrogens with one attached hydrogen (secondary N) is 1. The van der Waals surface area contributed by atoms with Gasteiger partial charge in [-0.25, -0.2) is 0 Å². The lowest BCUT2D eigenvalue weighted by atomic mass is 9.97. The summed E-state index contributed by atoms with van der Waals surface area (Å²) in [5, 5.41) is 4.09. The molecule has 2 aromatic rings. The number of allylic oxidation sites excluding steroid dienone is 1. The van der Waals surface area contributed by atoms with Crippen molar-refractivity contribution in [3.8, 4) is 0 Å². The molecule has 1 aliphatic carbocycles. The monoisotopic (exact) mass is 311 g/mol. The minimum atomic E-state index is 0.0716. The zero-order chi connectivity index (χ0) is 16.2. The largest absolute Gasteiger partial charge is 0.464 e. The van der Waals surface area contributed by atoms with Gasteiger partial charge < -0.3 is 9.73 Å². The fourth-order valence-electron chi connectivity index (χ4n) is 3.20. The van der Waals surface area contributed by atoms with Gasteiger partial charge in [0.2, 0.25) is 5.91 Å². The van der Waals surface area contributed by atoms with Crippen LogP contribution in [0.25, 0.3) is 11.0 Å². The number of fused-ring (bicyclic) bond motifs is 1. The number of aryl methyl sites for hydroxylation is 2. The van der Waals surface area contributed by atoms with E-state index in [2.05, 4.69) is 31.3 Å². The van der Waals surface area contributed by atoms with E-state index in [1.54, 1.807) is 6.26 Å². The fraction of sp³-hybridized carbons (Fsp3) is 0.450. The Morgan fingerprint density at radius 1 is 1.22 bits per heavy atom. The highest BCUT2D eigenvalue weighted by atomic mass is 16.3. The average Bonchev–Trinajstić information content (AvgIpc) is 2.91. The molecule has 1 amide bonds. The summed E-state index contributed by atoms with van der Waals surface area (Å²) in [6, 6.07) is 4.16. The highest BCUT2D eigenvalue weighted by Crippen LogP contribution is 2.25. The second-order valence-electron chi connectivity index (χ2n) is 6.58. The number of carbonyl (C=O) groups excluding carboxylic acids is 1. The standard InChI is InChI=1S/C20H25NO2/c1-14-10-18-17(13-23-19(18)11-15(14)2)12-20(22)21-9-8-16-6-4-3-5-7-16/h6,10-11,13H,3-5,7-9,12H2,1-2H3,(H,21,22). The first-order chi connectivity index (χ1) is 11.1. The molecule has 122 valence electrons. The molecule has 0 fully saturated rings. The van der Waals surface area contributed by atoms with Crippen LogP contribution < -0.4 is 5.32 Å². The maximum atomic E-state index is 12.2. The molecule has 1 aromatic heterocycles. The van der Waals surface area contributed by atoms with Crippen LogP contribution in [0.3, 0.4) is 0 Å². The van der Waals surface area contributed by atoms with Crippen LogP contribution in [-0.2, 0) is 11.2 Å². The summed E-state index contributed by atoms with van der Waals surface area (Å²) in [7, 11) is 0. The molecule has 0 aliphatic heterocycles. The highest BCUT2D eigenvalue weighted by molar-refractivity contribution is 5.88. The summed E-state index contributed by atoms with van der Waals surface area (Å²) >= 11 is 0. The van der Waals surface area contributed by atoms with Crippen molar-refractivity contribution in [2.45, 2.75) is 52.4 Å². The van der Waals surface area contributed by atoms with Gasteiger partial charge in [0, 0.05) is 17.5 Å². The van der Waals surface area contributed by atoms with Gasteiger partial charge in [-0.15, -0.1) is 0 Å². The van der Waals surface area contributed by atoms with Crippen LogP contribution in [0.2, 0.25) is 0 Å². The van der Waals surface area contributed by atoms with Gasteiger partial charge >= 0.3 is 0 Å². The first-order valence-corrected chi connectivity index (χ1v) is 8.55. The number of amides is 1. The summed E-state index contributed by atoms with van der Waals surface area (Å²) in [5.41, 5.74) is 5.77. The van der Waals surface area contributed by atoms with Crippen molar-refractivity contribution in [3.63, 3.8) is 0 Å². The van der Waals surface area contributed by atoms with Gasteiger partial charge in [-0.3, -0.25) is 4.79 Å². The molecule has 1 N–H and O–H groups in total. The number of rotatable bonds is 5. The minimum absolute atomic E-state index is 0.0716. The molecule has 23 heavy (non-hydrogen) atoms. The smallest absolute Gasteiger partial charge is 0.224 e. The van der Waals surface area contributed by atoms with Crippen LogP contribution in [0, 0.1) is 13.8 Å². The fourth-order valence-corrected chi connectivity index (χ4v) is 3.20. The molecule has 0 atom stereocenters. The second-order valence-corrected chi connectivity index (χ2v) is 6.58. The predicted octanol–water partition coefficient (Wildman–Crippen LogP) is 4.60. The Bertz CT molecular complexity index is 739. The lowest BCUT2D eigenvalue weighted by Gasteiger charge is -2.12. The summed E-state index contributed by atoms with van der Waals surface area (Å²) in [5.74, 6) is 0.0716. The molecule has 0 saturated carbocycles. The number of carbonyl (C=O) groups is 1. The van der Waals surface area contributed by atoms with Crippen molar-refractivity contribution in [2.75, 3.05) is 6.54 Å². The molecule has 1 aromatic carbocycles. The SMILES string of the molecule is Cc1cc2occ(CC(=O)NCCC3=CCCCC3)c2cc1C. The van der Waals surface area contributed by atoms with Crippen molar-refractivity contribution in [1.82, 2.24) is 5.32 Å². The van der Waals surface area contributed by atoms with E-state index in [1.807, 2.05) is 6.07 Å². The number of hydrogen-bond acceptors (Lipinski definition) is 2. The molecule has 3 rings (SSSR count). The van der Waals surface area contributed by atoms with Gasteiger partial charge in [-0.05, 0) is 69.2 Å². The Kier molecular flexibility index (Phi) is 4.85. The molecule has 0 saturated heterocycles. The number of hydrogen-bond donors (Lipinski definition) is 1. The quantitative estimate of drug-likeness (QED) is 0.820. The van der Waals surface area contributed by atoms with E-state index in [0.717, 1.165) is 29.5 Å². The summed E-state index contributed by atoms with van der Waals surface area (Å²) in [6.07, 6.45) is 10.4. The topological polar surface area (TPSA) is 42.2 Å². The van der Waals surface area contributed by atoms with Crippen molar-refractivity contribution < 1.29 is 9.21 Å². The van der Waals surface area contributed by atoms with E-state index < -0.39 is 0 Å². The lowest BCUT2D eigenvalue weighted by Crippen LogP contribution is -2.26. The van der Waals surface area contributed by atoms with Crippen LogP contribution in [0.4, 0.5) is 0 Å². The summed E-state index contributed by atoms with van der Waals surface area (Å²) in [6.45, 7) is 4.89. The zero-order valence-electron chi connectivity index (χ0n) is 14.1. The van der Waals surface area contributed by atoms with Crippen molar-refractivity contribution >= 4 is 16.9 Å². The Morgan fingerprint density at radius 3 is 2.83 bits per heavy atom. The van der Waals surface area contributed by atoms with E-state index in [9.17, 15) is 4.79 Å². The molecule has 0 radical (unpaired) electrons. The van der Waals surface area contributed by atoms with Crippen LogP contribution in [0.5, 0.6) is 0 Å². The number of furan rings is 1. The van der Waals surface area contributed by atoms with Crippen LogP contribution in [0.15, 0.2) is 34.5 Å². The van der Waals surface area contributed by atoms with Gasteiger partial charge in [0.1, 0.15) is 5.58 Å². The molecule has 0 spiro atoms. The Balaban J connectivity index is 1.57. The van der Waals surface area contributed by atoms with E-state index >= 15 is 0 Å². The van der Waals surface area contributed by atoms with Crippen LogP contribution in [-0.4, -0.2) is 12.5 Å². The Hall–Kier alpha value is -2.03. The van der Waals surface area contributed by atoms with Crippen molar-refractivity contribution in [2.24, 2.45) is 0 Å². The molecule has 3 nitrogen and oxygen atoms in total. The molecular formula is C20H25NO2. The van der Waals surface area contributed by atoms with Gasteiger partial charge in [0.05, 0.1) is 12.7 Å². The lowest BCUT2D eigenvalue weighted by molar-refractivity contribution is -0.120. The van der Waals surface area contributed by atoms with E-state index in [1.165, 1.54) is 42.4 Å². The maximum Gasteiger partial charge on any atom is 0.224 e. The average molecular weight is 311 g/mol. The van der Waals surface area contributed by atoms with E-state index in [4.69, 9.17) is 4.42 Å². The maximum absolute atomic E-state index is 12.2. The van der Waals surface area contributed by atoms with Crippen LogP contribution in [0.1, 0.15) is 48.8 Å². The van der Waals surface area contributed by atoms with Gasteiger partial charge in [0.25, 0.3) is 0 Å². The van der Waals surface area contributed by atoms with Gasteiger partial charge in [0.15, 0.2) is 0 Å². The van der Waals surface area contributed by atoms with Gasteiger partial charge in [-0.1, -0.05) is 11.6 Å². The molecular weight excluding hydrogens is 286 g/mol. The second kappa shape index (κ2) is 7.03. The van der Waals surface area contributed by atoms with Gasteiger partial charge in [-0.2, -0.15) is 0 Å². The van der Waals surface area contributed by atoms with E-state index in [0.29, 0.717) is 6.42 Å². The molecule has 3 heteroatoms. The highest BCUT2D eigenvalue weighted by Gasteiger charge is 2.12. The van der Waals surface area contributed by atoms with Crippen LogP contribution >= 0.6 is 0 Å². The normalized spacial score (nSPS) is 14.8. The zero-order valence-corrected chi connectivity index (χ0v) is 14.1. The minimum Gasteiger partial charge on any atom is -0.464 e. The third kappa shape index (κ3) is 3.84. The molecule has 0 unspecified atom stereocenters. The Morgan fingerprint density at radius 2 is 2.04 bits per heavy atom. The Labute approximate surface area is 137 Å².